The normalized spacial score (nSPS) is 54.3. The molecule has 0 amide bonds. The van der Waals surface area contributed by atoms with Gasteiger partial charge in [0.15, 0.2) is 0 Å². The molecule has 3 aliphatic heterocycles. The lowest BCUT2D eigenvalue weighted by molar-refractivity contribution is -0.197. The van der Waals surface area contributed by atoms with Crippen LogP contribution < -0.4 is 0 Å². The molecule has 1 spiro atoms. The van der Waals surface area contributed by atoms with E-state index in [2.05, 4.69) is 0 Å². The molecule has 2 saturated carbocycles. The van der Waals surface area contributed by atoms with Crippen molar-refractivity contribution in [2.24, 2.45) is 11.3 Å². The van der Waals surface area contributed by atoms with Crippen LogP contribution in [0.4, 0.5) is 0 Å². The molecule has 5 atom stereocenters. The van der Waals surface area contributed by atoms with Gasteiger partial charge >= 0.3 is 0 Å². The number of fused-ring (bicyclic) bond motifs is 2. The number of hydrogen-bond acceptors (Lipinski definition) is 4. The van der Waals surface area contributed by atoms with Crippen LogP contribution in [0.1, 0.15) is 38.5 Å². The van der Waals surface area contributed by atoms with Crippen LogP contribution in [0.25, 0.3) is 0 Å². The second-order valence-electron chi connectivity index (χ2n) is 7.19. The highest BCUT2D eigenvalue weighted by Gasteiger charge is 2.70. The summed E-state index contributed by atoms with van der Waals surface area (Å²) in [4.78, 5) is 0. The van der Waals surface area contributed by atoms with Crippen molar-refractivity contribution in [3.05, 3.63) is 0 Å². The van der Waals surface area contributed by atoms with E-state index in [0.29, 0.717) is 31.0 Å². The molecule has 0 aromatic rings. The maximum atomic E-state index is 6.23. The van der Waals surface area contributed by atoms with Crippen LogP contribution in [0.5, 0.6) is 0 Å². The molecular formula is C15H22O4. The van der Waals surface area contributed by atoms with E-state index in [9.17, 15) is 0 Å². The van der Waals surface area contributed by atoms with Gasteiger partial charge in [-0.15, -0.1) is 0 Å². The number of hydrogen-bond donors (Lipinski definition) is 0. The quantitative estimate of drug-likeness (QED) is 0.680. The van der Waals surface area contributed by atoms with Gasteiger partial charge in [0.05, 0.1) is 37.1 Å². The third-order valence-corrected chi connectivity index (χ3v) is 6.17. The zero-order valence-electron chi connectivity index (χ0n) is 11.3. The van der Waals surface area contributed by atoms with Crippen molar-refractivity contribution >= 4 is 0 Å². The Morgan fingerprint density at radius 2 is 1.89 bits per heavy atom. The zero-order chi connectivity index (χ0) is 12.5. The minimum absolute atomic E-state index is 0.152. The predicted molar refractivity (Wildman–Crippen MR) is 66.7 cm³/mol. The lowest BCUT2D eigenvalue weighted by Crippen LogP contribution is -2.53. The zero-order valence-corrected chi connectivity index (χ0v) is 11.3. The Kier molecular flexibility index (Phi) is 2.26. The van der Waals surface area contributed by atoms with Crippen LogP contribution in [0.2, 0.25) is 0 Å². The lowest BCUT2D eigenvalue weighted by atomic mass is 9.59. The Balaban J connectivity index is 1.48. The first-order chi connectivity index (χ1) is 9.32. The average Bonchev–Trinajstić information content (AvgIpc) is 3.32. The van der Waals surface area contributed by atoms with Crippen molar-refractivity contribution in [3.8, 4) is 0 Å². The van der Waals surface area contributed by atoms with Crippen molar-refractivity contribution < 1.29 is 18.9 Å². The standard InChI is InChI=1S/C15H22O4/c1-2-4-15(13(3-1)19-15)12-5-10-11(18-10)6-14(12)7-16-9-17-8-14/h10-13H,1-9H2. The van der Waals surface area contributed by atoms with Crippen LogP contribution in [-0.2, 0) is 18.9 Å². The Labute approximate surface area is 113 Å². The van der Waals surface area contributed by atoms with Gasteiger partial charge in [0, 0.05) is 11.3 Å². The minimum atomic E-state index is 0.152. The van der Waals surface area contributed by atoms with E-state index in [1.807, 2.05) is 0 Å². The van der Waals surface area contributed by atoms with Gasteiger partial charge in [0.1, 0.15) is 6.79 Å². The molecule has 5 aliphatic rings. The molecule has 0 radical (unpaired) electrons. The van der Waals surface area contributed by atoms with Crippen LogP contribution in [0.15, 0.2) is 0 Å². The van der Waals surface area contributed by atoms with E-state index in [1.165, 1.54) is 25.7 Å². The molecular weight excluding hydrogens is 244 g/mol. The smallest absolute Gasteiger partial charge is 0.146 e. The molecule has 5 unspecified atom stereocenters. The molecule has 5 rings (SSSR count). The summed E-state index contributed by atoms with van der Waals surface area (Å²) >= 11 is 0. The summed E-state index contributed by atoms with van der Waals surface area (Å²) in [5, 5.41) is 0. The predicted octanol–water partition coefficient (Wildman–Crippen LogP) is 1.87. The van der Waals surface area contributed by atoms with Crippen LogP contribution in [0, 0.1) is 11.3 Å². The molecule has 19 heavy (non-hydrogen) atoms. The van der Waals surface area contributed by atoms with Gasteiger partial charge in [0.25, 0.3) is 0 Å². The molecule has 4 heteroatoms. The largest absolute Gasteiger partial charge is 0.370 e. The molecule has 0 aromatic heterocycles. The van der Waals surface area contributed by atoms with Crippen molar-refractivity contribution in [2.45, 2.75) is 62.4 Å². The second kappa shape index (κ2) is 3.73. The van der Waals surface area contributed by atoms with Gasteiger partial charge in [-0.1, -0.05) is 12.8 Å². The summed E-state index contributed by atoms with van der Waals surface area (Å²) in [6, 6.07) is 0. The summed E-state index contributed by atoms with van der Waals surface area (Å²) in [5.41, 5.74) is 0.307. The maximum Gasteiger partial charge on any atom is 0.146 e. The number of ether oxygens (including phenoxy) is 4. The monoisotopic (exact) mass is 266 g/mol. The van der Waals surface area contributed by atoms with E-state index in [-0.39, 0.29) is 11.0 Å². The number of rotatable bonds is 1. The highest BCUT2D eigenvalue weighted by molar-refractivity contribution is 5.18. The Morgan fingerprint density at radius 1 is 1.00 bits per heavy atom. The molecule has 3 heterocycles. The van der Waals surface area contributed by atoms with Crippen LogP contribution in [-0.4, -0.2) is 43.9 Å². The summed E-state index contributed by atoms with van der Waals surface area (Å²) in [7, 11) is 0. The fourth-order valence-corrected chi connectivity index (χ4v) is 5.18. The van der Waals surface area contributed by atoms with Crippen molar-refractivity contribution in [1.82, 2.24) is 0 Å². The van der Waals surface area contributed by atoms with Gasteiger partial charge in [-0.05, 0) is 25.7 Å². The van der Waals surface area contributed by atoms with Gasteiger partial charge in [0.2, 0.25) is 0 Å². The van der Waals surface area contributed by atoms with Crippen molar-refractivity contribution in [1.29, 1.82) is 0 Å². The maximum absolute atomic E-state index is 6.23. The second-order valence-corrected chi connectivity index (χ2v) is 7.19. The molecule has 0 aromatic carbocycles. The first kappa shape index (κ1) is 11.5. The fraction of sp³-hybridized carbons (Fsp3) is 1.00. The van der Waals surface area contributed by atoms with E-state index < -0.39 is 0 Å². The third kappa shape index (κ3) is 1.54. The molecule has 4 nitrogen and oxygen atoms in total. The summed E-state index contributed by atoms with van der Waals surface area (Å²) < 4.78 is 23.4. The molecule has 3 saturated heterocycles. The van der Waals surface area contributed by atoms with Crippen molar-refractivity contribution in [2.75, 3.05) is 20.0 Å². The number of epoxide rings is 2. The Morgan fingerprint density at radius 3 is 2.74 bits per heavy atom. The van der Waals surface area contributed by atoms with E-state index >= 15 is 0 Å². The summed E-state index contributed by atoms with van der Waals surface area (Å²) in [6.07, 6.45) is 8.90. The third-order valence-electron chi connectivity index (χ3n) is 6.17. The Bertz CT molecular complexity index is 392. The highest BCUT2D eigenvalue weighted by atomic mass is 16.7. The first-order valence-corrected chi connectivity index (χ1v) is 7.81. The summed E-state index contributed by atoms with van der Waals surface area (Å²) in [6.45, 7) is 2.13. The SMILES string of the molecule is C1CCC2(C3CC4OC4CC34COCOC4)OC2C1. The Hall–Kier alpha value is -0.160. The van der Waals surface area contributed by atoms with Crippen molar-refractivity contribution in [3.63, 3.8) is 0 Å². The fourth-order valence-electron chi connectivity index (χ4n) is 5.18. The minimum Gasteiger partial charge on any atom is -0.370 e. The van der Waals surface area contributed by atoms with Crippen LogP contribution >= 0.6 is 0 Å². The van der Waals surface area contributed by atoms with Gasteiger partial charge in [-0.3, -0.25) is 0 Å². The highest BCUT2D eigenvalue weighted by Crippen LogP contribution is 2.64. The molecule has 0 bridgehead atoms. The van der Waals surface area contributed by atoms with Gasteiger partial charge in [-0.2, -0.15) is 0 Å². The van der Waals surface area contributed by atoms with E-state index in [1.54, 1.807) is 0 Å². The summed E-state index contributed by atoms with van der Waals surface area (Å²) in [5.74, 6) is 0.578. The van der Waals surface area contributed by atoms with E-state index in [4.69, 9.17) is 18.9 Å². The molecule has 2 aliphatic carbocycles. The molecule has 5 fully saturated rings. The topological polar surface area (TPSA) is 43.5 Å². The molecule has 106 valence electrons. The van der Waals surface area contributed by atoms with Crippen LogP contribution in [0.3, 0.4) is 0 Å². The van der Waals surface area contributed by atoms with Gasteiger partial charge in [-0.25, -0.2) is 0 Å². The average molecular weight is 266 g/mol. The lowest BCUT2D eigenvalue weighted by Gasteiger charge is -2.47. The van der Waals surface area contributed by atoms with Gasteiger partial charge < -0.3 is 18.9 Å². The van der Waals surface area contributed by atoms with E-state index in [0.717, 1.165) is 26.1 Å². The first-order valence-electron chi connectivity index (χ1n) is 7.81. The molecule has 0 N–H and O–H groups in total.